The Kier molecular flexibility index (Phi) is 4.07. The average molecular weight is 278 g/mol. The van der Waals surface area contributed by atoms with E-state index in [2.05, 4.69) is 5.18 Å². The molecule has 1 aromatic rings. The van der Waals surface area contributed by atoms with Crippen LogP contribution >= 0.6 is 0 Å². The zero-order valence-corrected chi connectivity index (χ0v) is 12.3. The number of benzene rings is 1. The molecule has 0 aliphatic rings. The third-order valence-electron chi connectivity index (χ3n) is 3.21. The second-order valence-corrected chi connectivity index (χ2v) is 6.32. The highest BCUT2D eigenvalue weighted by molar-refractivity contribution is 5.74. The van der Waals surface area contributed by atoms with E-state index in [0.717, 1.165) is 6.07 Å². The van der Waals surface area contributed by atoms with E-state index in [0.29, 0.717) is 17.4 Å². The molecule has 0 atom stereocenters. The molecule has 0 bridgehead atoms. The molecule has 6 heteroatoms. The van der Waals surface area contributed by atoms with Crippen LogP contribution in [-0.2, 0) is 15.6 Å². The Morgan fingerprint density at radius 2 is 1.70 bits per heavy atom. The highest BCUT2D eigenvalue weighted by Gasteiger charge is 2.32. The van der Waals surface area contributed by atoms with Crippen molar-refractivity contribution in [2.75, 3.05) is 0 Å². The Hall–Kier alpha value is -2.11. The molecule has 0 aliphatic carbocycles. The Morgan fingerprint density at radius 3 is 2.05 bits per heavy atom. The minimum absolute atomic E-state index is 0.0678. The zero-order chi connectivity index (χ0) is 15.7. The lowest BCUT2D eigenvalue weighted by molar-refractivity contribution is -0.385. The lowest BCUT2D eigenvalue weighted by Gasteiger charge is -2.24. The first-order valence-corrected chi connectivity index (χ1v) is 6.17. The average Bonchev–Trinajstić information content (AvgIpc) is 2.35. The summed E-state index contributed by atoms with van der Waals surface area (Å²) in [7, 11) is 0. The summed E-state index contributed by atoms with van der Waals surface area (Å²) in [5.74, 6) is 0. The molecule has 108 valence electrons. The molecule has 0 aliphatic heterocycles. The highest BCUT2D eigenvalue weighted by Crippen LogP contribution is 2.40. The highest BCUT2D eigenvalue weighted by atomic mass is 16.6. The lowest BCUT2D eigenvalue weighted by Crippen LogP contribution is -2.22. The van der Waals surface area contributed by atoms with Gasteiger partial charge in [0, 0.05) is 17.0 Å². The van der Waals surface area contributed by atoms with E-state index in [-0.39, 0.29) is 11.4 Å². The van der Waals surface area contributed by atoms with Gasteiger partial charge in [0.25, 0.3) is 5.69 Å². The monoisotopic (exact) mass is 278 g/mol. The van der Waals surface area contributed by atoms with Gasteiger partial charge in [-0.2, -0.15) is 0 Å². The van der Waals surface area contributed by atoms with Crippen LogP contribution < -0.4 is 0 Å². The largest absolute Gasteiger partial charge is 0.302 e. The molecule has 6 nitrogen and oxygen atoms in total. The van der Waals surface area contributed by atoms with Crippen molar-refractivity contribution in [2.24, 2.45) is 5.18 Å². The predicted molar refractivity (Wildman–Crippen MR) is 76.3 cm³/mol. The minimum Gasteiger partial charge on any atom is -0.302 e. The van der Waals surface area contributed by atoms with Gasteiger partial charge in [0.1, 0.15) is 12.0 Å². The number of hydrogen-bond acceptors (Lipinski definition) is 5. The molecule has 20 heavy (non-hydrogen) atoms. The third kappa shape index (κ3) is 2.89. The normalized spacial score (nSPS) is 12.1. The number of nitro groups is 1. The van der Waals surface area contributed by atoms with Crippen molar-refractivity contribution in [2.45, 2.75) is 45.4 Å². The van der Waals surface area contributed by atoms with Gasteiger partial charge < -0.3 is 4.79 Å². The molecule has 0 saturated heterocycles. The van der Waals surface area contributed by atoms with Crippen LogP contribution in [0, 0.1) is 15.0 Å². The third-order valence-corrected chi connectivity index (χ3v) is 3.21. The molecule has 0 radical (unpaired) electrons. The molecule has 1 aromatic carbocycles. The topological polar surface area (TPSA) is 89.6 Å². The Balaban J connectivity index is 3.77. The molecule has 0 fully saturated rings. The molecular weight excluding hydrogens is 260 g/mol. The van der Waals surface area contributed by atoms with Gasteiger partial charge in [-0.15, -0.1) is 4.91 Å². The van der Waals surface area contributed by atoms with Gasteiger partial charge in [0.05, 0.1) is 4.92 Å². The second-order valence-electron chi connectivity index (χ2n) is 6.32. The first-order chi connectivity index (χ1) is 9.04. The Morgan fingerprint density at radius 1 is 1.15 bits per heavy atom. The van der Waals surface area contributed by atoms with Crippen LogP contribution in [-0.4, -0.2) is 11.2 Å². The molecular formula is C14H18N2O4. The van der Waals surface area contributed by atoms with Gasteiger partial charge in [-0.3, -0.25) is 10.1 Å². The zero-order valence-electron chi connectivity index (χ0n) is 12.3. The summed E-state index contributed by atoms with van der Waals surface area (Å²) in [4.78, 5) is 32.8. The molecule has 0 amide bonds. The van der Waals surface area contributed by atoms with Crippen molar-refractivity contribution < 1.29 is 9.72 Å². The summed E-state index contributed by atoms with van der Waals surface area (Å²) in [6.07, 6.45) is 0.704. The quantitative estimate of drug-likeness (QED) is 0.363. The SMILES string of the molecule is CC(C)(C)c1cc(C(C)(C)C=O)c(N=O)cc1[N+](=O)[O-]. The lowest BCUT2D eigenvalue weighted by atomic mass is 9.79. The van der Waals surface area contributed by atoms with E-state index in [4.69, 9.17) is 0 Å². The fourth-order valence-corrected chi connectivity index (χ4v) is 1.98. The number of nitrogens with zero attached hydrogens (tertiary/aromatic N) is 2. The van der Waals surface area contributed by atoms with Crippen molar-refractivity contribution >= 4 is 17.7 Å². The smallest absolute Gasteiger partial charge is 0.275 e. The number of carbonyl (C=O) groups is 1. The van der Waals surface area contributed by atoms with E-state index < -0.39 is 15.8 Å². The molecule has 0 aromatic heterocycles. The Bertz CT molecular complexity index is 571. The van der Waals surface area contributed by atoms with Gasteiger partial charge in [-0.05, 0) is 36.1 Å². The Labute approximate surface area is 117 Å². The van der Waals surface area contributed by atoms with E-state index in [1.165, 1.54) is 0 Å². The number of hydrogen-bond donors (Lipinski definition) is 0. The number of aldehydes is 1. The van der Waals surface area contributed by atoms with Crippen molar-refractivity contribution in [1.29, 1.82) is 0 Å². The van der Waals surface area contributed by atoms with E-state index in [9.17, 15) is 19.8 Å². The molecule has 0 unspecified atom stereocenters. The van der Waals surface area contributed by atoms with Crippen LogP contribution in [0.1, 0.15) is 45.7 Å². The summed E-state index contributed by atoms with van der Waals surface area (Å²) in [6.45, 7) is 8.79. The summed E-state index contributed by atoms with van der Waals surface area (Å²) in [6, 6.07) is 2.69. The number of nitro benzene ring substituents is 1. The van der Waals surface area contributed by atoms with E-state index >= 15 is 0 Å². The van der Waals surface area contributed by atoms with Gasteiger partial charge in [0.2, 0.25) is 0 Å². The van der Waals surface area contributed by atoms with Crippen molar-refractivity contribution in [3.8, 4) is 0 Å². The van der Waals surface area contributed by atoms with Crippen LogP contribution in [0.15, 0.2) is 17.3 Å². The van der Waals surface area contributed by atoms with Crippen LogP contribution in [0.5, 0.6) is 0 Å². The number of nitroso groups, excluding NO2 is 1. The number of rotatable bonds is 4. The summed E-state index contributed by atoms with van der Waals surface area (Å²) in [5.41, 5.74) is -0.771. The molecule has 0 heterocycles. The van der Waals surface area contributed by atoms with Crippen molar-refractivity contribution in [1.82, 2.24) is 0 Å². The molecule has 1 rings (SSSR count). The maximum atomic E-state index is 11.2. The van der Waals surface area contributed by atoms with Gasteiger partial charge in [-0.25, -0.2) is 0 Å². The van der Waals surface area contributed by atoms with Crippen molar-refractivity contribution in [3.05, 3.63) is 38.3 Å². The maximum absolute atomic E-state index is 11.2. The molecule has 0 saturated carbocycles. The van der Waals surface area contributed by atoms with Gasteiger partial charge in [0.15, 0.2) is 0 Å². The van der Waals surface area contributed by atoms with Crippen LogP contribution in [0.25, 0.3) is 0 Å². The summed E-state index contributed by atoms with van der Waals surface area (Å²) >= 11 is 0. The summed E-state index contributed by atoms with van der Waals surface area (Å²) in [5, 5.41) is 14.0. The number of carbonyl (C=O) groups excluding carboxylic acids is 1. The minimum atomic E-state index is -0.932. The van der Waals surface area contributed by atoms with Gasteiger partial charge >= 0.3 is 0 Å². The molecule has 0 N–H and O–H groups in total. The first kappa shape index (κ1) is 15.9. The second kappa shape index (κ2) is 5.11. The van der Waals surface area contributed by atoms with E-state index in [1.54, 1.807) is 19.9 Å². The van der Waals surface area contributed by atoms with Crippen LogP contribution in [0.3, 0.4) is 0 Å². The maximum Gasteiger partial charge on any atom is 0.275 e. The van der Waals surface area contributed by atoms with Crippen molar-refractivity contribution in [3.63, 3.8) is 0 Å². The predicted octanol–water partition coefficient (Wildman–Crippen LogP) is 3.77. The van der Waals surface area contributed by atoms with Gasteiger partial charge in [-0.1, -0.05) is 20.8 Å². The van der Waals surface area contributed by atoms with Crippen LogP contribution in [0.4, 0.5) is 11.4 Å². The first-order valence-electron chi connectivity index (χ1n) is 6.17. The van der Waals surface area contributed by atoms with E-state index in [1.807, 2.05) is 20.8 Å². The van der Waals surface area contributed by atoms with Crippen LogP contribution in [0.2, 0.25) is 0 Å². The standard InChI is InChI=1S/C14H18N2O4/c1-13(2,3)10-6-9(14(4,5)8-17)11(15-18)7-12(10)16(19)20/h6-8H,1-5H3. The summed E-state index contributed by atoms with van der Waals surface area (Å²) < 4.78 is 0. The fourth-order valence-electron chi connectivity index (χ4n) is 1.98. The molecule has 0 spiro atoms. The fraction of sp³-hybridized carbons (Fsp3) is 0.500.